The molecule has 34 heavy (non-hydrogen) atoms. The van der Waals surface area contributed by atoms with Crippen molar-refractivity contribution < 1.29 is 19.1 Å². The number of amides is 3. The van der Waals surface area contributed by atoms with Crippen LogP contribution in [-0.4, -0.2) is 41.8 Å². The van der Waals surface area contributed by atoms with Gasteiger partial charge in [0, 0.05) is 24.9 Å². The number of carbonyl (C=O) groups is 3. The Morgan fingerprint density at radius 3 is 2.71 bits per heavy atom. The van der Waals surface area contributed by atoms with Crippen molar-refractivity contribution in [1.29, 1.82) is 0 Å². The molecule has 0 aliphatic rings. The summed E-state index contributed by atoms with van der Waals surface area (Å²) in [4.78, 5) is 40.4. The van der Waals surface area contributed by atoms with E-state index in [0.717, 1.165) is 20.1 Å². The van der Waals surface area contributed by atoms with Gasteiger partial charge in [-0.05, 0) is 29.8 Å². The Kier molecular flexibility index (Phi) is 9.24. The fraction of sp³-hybridized carbons (Fsp3) is 0.167. The van der Waals surface area contributed by atoms with Gasteiger partial charge >= 0.3 is 6.09 Å². The molecular formula is C24H24N4O4S2. The van der Waals surface area contributed by atoms with Gasteiger partial charge in [-0.15, -0.1) is 11.3 Å². The first-order valence-electron chi connectivity index (χ1n) is 10.3. The molecule has 0 fully saturated rings. The summed E-state index contributed by atoms with van der Waals surface area (Å²) in [5.41, 5.74) is 2.35. The van der Waals surface area contributed by atoms with Gasteiger partial charge in [0.1, 0.15) is 12.3 Å². The van der Waals surface area contributed by atoms with Crippen molar-refractivity contribution in [2.45, 2.75) is 11.3 Å². The van der Waals surface area contributed by atoms with Crippen LogP contribution in [0.2, 0.25) is 0 Å². The minimum absolute atomic E-state index is 0.151. The molecule has 0 spiro atoms. The van der Waals surface area contributed by atoms with Crippen LogP contribution in [0.25, 0.3) is 16.3 Å². The molecule has 0 unspecified atom stereocenters. The lowest BCUT2D eigenvalue weighted by molar-refractivity contribution is -0.120. The van der Waals surface area contributed by atoms with E-state index in [-0.39, 0.29) is 18.2 Å². The van der Waals surface area contributed by atoms with E-state index in [2.05, 4.69) is 27.5 Å². The van der Waals surface area contributed by atoms with E-state index in [9.17, 15) is 14.4 Å². The minimum atomic E-state index is -0.481. The van der Waals surface area contributed by atoms with E-state index < -0.39 is 12.0 Å². The number of thiazole rings is 1. The van der Waals surface area contributed by atoms with Crippen LogP contribution < -0.4 is 16.0 Å². The molecule has 3 N–H and O–H groups in total. The third-order valence-electron chi connectivity index (χ3n) is 4.22. The molecule has 0 atom stereocenters. The average molecular weight is 497 g/mol. The summed E-state index contributed by atoms with van der Waals surface area (Å²) >= 11 is 3.01. The van der Waals surface area contributed by atoms with Gasteiger partial charge in [-0.2, -0.15) is 0 Å². The molecule has 3 amide bonds. The van der Waals surface area contributed by atoms with Crippen LogP contribution in [0.1, 0.15) is 12.5 Å². The Morgan fingerprint density at radius 2 is 1.97 bits per heavy atom. The van der Waals surface area contributed by atoms with Crippen LogP contribution >= 0.6 is 23.1 Å². The predicted octanol–water partition coefficient (Wildman–Crippen LogP) is 4.42. The number of rotatable bonds is 10. The van der Waals surface area contributed by atoms with Crippen LogP contribution in [0, 0.1) is 0 Å². The van der Waals surface area contributed by atoms with Gasteiger partial charge in [-0.25, -0.2) is 9.78 Å². The van der Waals surface area contributed by atoms with Crippen LogP contribution in [0.4, 0.5) is 10.5 Å². The van der Waals surface area contributed by atoms with Crippen molar-refractivity contribution >= 4 is 63.0 Å². The molecule has 176 valence electrons. The fourth-order valence-corrected chi connectivity index (χ4v) is 4.82. The topological polar surface area (TPSA) is 109 Å². The maximum Gasteiger partial charge on any atom is 0.407 e. The lowest BCUT2D eigenvalue weighted by Crippen LogP contribution is -2.28. The first-order chi connectivity index (χ1) is 16.4. The van der Waals surface area contributed by atoms with Crippen molar-refractivity contribution in [3.63, 3.8) is 0 Å². The quantitative estimate of drug-likeness (QED) is 0.166. The third-order valence-corrected chi connectivity index (χ3v) is 6.38. The van der Waals surface area contributed by atoms with E-state index in [1.165, 1.54) is 36.1 Å². The zero-order valence-electron chi connectivity index (χ0n) is 18.5. The Bertz CT molecular complexity index is 1210. The predicted molar refractivity (Wildman–Crippen MR) is 137 cm³/mol. The molecule has 0 bridgehead atoms. The Morgan fingerprint density at radius 1 is 1.18 bits per heavy atom. The molecule has 3 rings (SSSR count). The summed E-state index contributed by atoms with van der Waals surface area (Å²) in [6, 6.07) is 14.7. The van der Waals surface area contributed by atoms with Crippen LogP contribution in [0.5, 0.6) is 0 Å². The number of nitrogens with zero attached hydrogens (tertiary/aromatic N) is 1. The molecule has 1 aromatic heterocycles. The standard InChI is InChI=1S/C24H24N4O4S2/c1-3-12-32-23(31)25-11-13-33-24-28-19-10-9-18(15-21(19)34-24)27-22(30)20(26-16(2)29)14-17-7-5-4-6-8-17/h3-10,14-15H,1,11-13H2,2H3,(H,25,31)(H,26,29)(H,27,30). The second kappa shape index (κ2) is 12.6. The smallest absolute Gasteiger partial charge is 0.407 e. The number of benzene rings is 2. The molecular weight excluding hydrogens is 472 g/mol. The van der Waals surface area contributed by atoms with Crippen LogP contribution in [0.15, 0.2) is 71.2 Å². The second-order valence-electron chi connectivity index (χ2n) is 6.93. The Hall–Kier alpha value is -3.63. The third kappa shape index (κ3) is 7.75. The monoisotopic (exact) mass is 496 g/mol. The number of ether oxygens (including phenoxy) is 1. The molecule has 0 saturated heterocycles. The van der Waals surface area contributed by atoms with Crippen LogP contribution in [0.3, 0.4) is 0 Å². The average Bonchev–Trinajstić information content (AvgIpc) is 3.22. The first kappa shape index (κ1) is 25.0. The zero-order chi connectivity index (χ0) is 24.3. The number of hydrogen-bond donors (Lipinski definition) is 3. The van der Waals surface area contributed by atoms with Gasteiger partial charge in [-0.3, -0.25) is 9.59 Å². The molecule has 2 aromatic carbocycles. The summed E-state index contributed by atoms with van der Waals surface area (Å²) in [5.74, 6) is -0.121. The number of nitrogens with one attached hydrogen (secondary N) is 3. The normalized spacial score (nSPS) is 11.0. The summed E-state index contributed by atoms with van der Waals surface area (Å²) in [7, 11) is 0. The molecule has 3 aromatic rings. The number of aromatic nitrogens is 1. The number of alkyl carbamates (subject to hydrolysis) is 1. The number of thioether (sulfide) groups is 1. The zero-order valence-corrected chi connectivity index (χ0v) is 20.1. The maximum atomic E-state index is 12.8. The molecule has 0 radical (unpaired) electrons. The summed E-state index contributed by atoms with van der Waals surface area (Å²) in [6.45, 7) is 5.46. The minimum Gasteiger partial charge on any atom is -0.445 e. The van der Waals surface area contributed by atoms with E-state index >= 15 is 0 Å². The van der Waals surface area contributed by atoms with E-state index in [0.29, 0.717) is 18.0 Å². The SMILES string of the molecule is C=CCOC(=O)NCCSc1nc2ccc(NC(=O)C(=Cc3ccccc3)NC(C)=O)cc2s1. The van der Waals surface area contributed by atoms with E-state index in [1.807, 2.05) is 42.5 Å². The molecule has 10 heteroatoms. The van der Waals surface area contributed by atoms with E-state index in [4.69, 9.17) is 4.74 Å². The number of carbonyl (C=O) groups excluding carboxylic acids is 3. The van der Waals surface area contributed by atoms with Gasteiger partial charge in [0.15, 0.2) is 4.34 Å². The number of anilines is 1. The molecule has 1 heterocycles. The lowest BCUT2D eigenvalue weighted by Gasteiger charge is -2.10. The Balaban J connectivity index is 1.62. The highest BCUT2D eigenvalue weighted by Gasteiger charge is 2.13. The van der Waals surface area contributed by atoms with Crippen LogP contribution in [-0.2, 0) is 14.3 Å². The highest BCUT2D eigenvalue weighted by Crippen LogP contribution is 2.31. The van der Waals surface area contributed by atoms with Gasteiger partial charge in [0.25, 0.3) is 5.91 Å². The van der Waals surface area contributed by atoms with Gasteiger partial charge in [0.05, 0.1) is 10.2 Å². The van der Waals surface area contributed by atoms with Crippen molar-refractivity contribution in [2.24, 2.45) is 0 Å². The molecule has 0 aliphatic heterocycles. The van der Waals surface area contributed by atoms with Crippen molar-refractivity contribution in [3.8, 4) is 0 Å². The Labute approximate surface area is 205 Å². The summed E-state index contributed by atoms with van der Waals surface area (Å²) < 4.78 is 6.61. The summed E-state index contributed by atoms with van der Waals surface area (Å²) in [6.07, 6.45) is 2.65. The van der Waals surface area contributed by atoms with Crippen molar-refractivity contribution in [2.75, 3.05) is 24.2 Å². The highest BCUT2D eigenvalue weighted by atomic mass is 32.2. The molecule has 0 saturated carbocycles. The van der Waals surface area contributed by atoms with Gasteiger partial charge in [0.2, 0.25) is 5.91 Å². The van der Waals surface area contributed by atoms with Crippen molar-refractivity contribution in [3.05, 3.63) is 72.4 Å². The van der Waals surface area contributed by atoms with Gasteiger partial charge < -0.3 is 20.7 Å². The largest absolute Gasteiger partial charge is 0.445 e. The molecule has 0 aliphatic carbocycles. The van der Waals surface area contributed by atoms with Gasteiger partial charge in [-0.1, -0.05) is 54.7 Å². The maximum absolute atomic E-state index is 12.8. The number of fused-ring (bicyclic) bond motifs is 1. The molecule has 8 nitrogen and oxygen atoms in total. The fourth-order valence-electron chi connectivity index (χ4n) is 2.78. The highest BCUT2D eigenvalue weighted by molar-refractivity contribution is 8.01. The summed E-state index contributed by atoms with van der Waals surface area (Å²) in [5, 5.41) is 8.08. The lowest BCUT2D eigenvalue weighted by atomic mass is 10.2. The first-order valence-corrected chi connectivity index (χ1v) is 12.2. The second-order valence-corrected chi connectivity index (χ2v) is 9.30. The van der Waals surface area contributed by atoms with E-state index in [1.54, 1.807) is 12.1 Å². The van der Waals surface area contributed by atoms with Crippen molar-refractivity contribution in [1.82, 2.24) is 15.6 Å². The number of hydrogen-bond acceptors (Lipinski definition) is 7.